The molecule has 0 radical (unpaired) electrons. The first-order valence-corrected chi connectivity index (χ1v) is 41.7. The Morgan fingerprint density at radius 1 is 0.294 bits per heavy atom. The lowest BCUT2D eigenvalue weighted by Crippen LogP contribution is -2.30. The highest BCUT2D eigenvalue weighted by molar-refractivity contribution is 7.47. The second kappa shape index (κ2) is 74.0. The van der Waals surface area contributed by atoms with E-state index in [9.17, 15) is 43.2 Å². The normalized spacial score (nSPS) is 14.8. The lowest BCUT2D eigenvalue weighted by atomic mass is 10.1. The van der Waals surface area contributed by atoms with Crippen molar-refractivity contribution in [3.63, 3.8) is 0 Å². The number of aliphatic hydroxyl groups is 1. The van der Waals surface area contributed by atoms with E-state index >= 15 is 0 Å². The molecule has 0 aromatic heterocycles. The number of ether oxygens (including phenoxy) is 4. The fraction of sp³-hybridized carbons (Fsp3) is 0.639. The largest absolute Gasteiger partial charge is 0.472 e. The molecule has 17 nitrogen and oxygen atoms in total. The van der Waals surface area contributed by atoms with Gasteiger partial charge in [0.1, 0.15) is 19.3 Å². The number of unbranched alkanes of at least 4 members (excludes halogenated alkanes) is 20. The maximum atomic E-state index is 13.1. The van der Waals surface area contributed by atoms with Gasteiger partial charge in [-0.05, 0) is 148 Å². The number of hydrogen-bond acceptors (Lipinski definition) is 15. The fourth-order valence-electron chi connectivity index (χ4n) is 9.62. The van der Waals surface area contributed by atoms with Crippen LogP contribution in [0.15, 0.2) is 158 Å². The number of carbonyl (C=O) groups excluding carboxylic acids is 4. The summed E-state index contributed by atoms with van der Waals surface area (Å²) in [5.74, 6) is -2.38. The topological polar surface area (TPSA) is 237 Å². The molecule has 0 aromatic carbocycles. The van der Waals surface area contributed by atoms with Crippen molar-refractivity contribution < 1.29 is 80.2 Å². The summed E-state index contributed by atoms with van der Waals surface area (Å²) >= 11 is 0. The lowest BCUT2D eigenvalue weighted by Gasteiger charge is -2.21. The van der Waals surface area contributed by atoms with Crippen molar-refractivity contribution in [1.82, 2.24) is 0 Å². The Hall–Kier alpha value is -5.32. The van der Waals surface area contributed by atoms with Gasteiger partial charge in [-0.2, -0.15) is 0 Å². The van der Waals surface area contributed by atoms with Crippen molar-refractivity contribution in [3.8, 4) is 0 Å². The number of esters is 4. The fourth-order valence-corrected chi connectivity index (χ4v) is 11.2. The summed E-state index contributed by atoms with van der Waals surface area (Å²) in [6.45, 7) is 4.39. The zero-order valence-corrected chi connectivity index (χ0v) is 65.0. The van der Waals surface area contributed by atoms with Crippen molar-refractivity contribution in [3.05, 3.63) is 158 Å². The van der Waals surface area contributed by atoms with E-state index in [2.05, 4.69) is 161 Å². The van der Waals surface area contributed by atoms with Crippen molar-refractivity contribution in [1.29, 1.82) is 0 Å². The molecule has 19 heteroatoms. The third-order valence-corrected chi connectivity index (χ3v) is 17.4. The average molecular weight is 1470 g/mol. The van der Waals surface area contributed by atoms with Gasteiger partial charge in [0, 0.05) is 19.3 Å². The summed E-state index contributed by atoms with van der Waals surface area (Å²) in [4.78, 5) is 72.8. The third-order valence-electron chi connectivity index (χ3n) is 15.5. The summed E-state index contributed by atoms with van der Waals surface area (Å²) in [5.41, 5.74) is 0. The Balaban J connectivity index is 5.44. The molecule has 102 heavy (non-hydrogen) atoms. The number of allylic oxidation sites excluding steroid dienone is 25. The Bertz CT molecular complexity index is 2550. The average Bonchev–Trinajstić information content (AvgIpc) is 0.934. The minimum atomic E-state index is -5.00. The zero-order valence-electron chi connectivity index (χ0n) is 63.2. The van der Waals surface area contributed by atoms with Crippen LogP contribution in [0.3, 0.4) is 0 Å². The van der Waals surface area contributed by atoms with E-state index in [4.69, 9.17) is 37.0 Å². The second-order valence-corrected chi connectivity index (χ2v) is 28.1. The molecular formula is C83H136O17P2. The summed E-state index contributed by atoms with van der Waals surface area (Å²) in [6.07, 6.45) is 85.5. The molecular weight excluding hydrogens is 1330 g/mol. The first-order chi connectivity index (χ1) is 49.7. The molecule has 0 fully saturated rings. The third kappa shape index (κ3) is 73.0. The van der Waals surface area contributed by atoms with Gasteiger partial charge in [-0.25, -0.2) is 9.13 Å². The van der Waals surface area contributed by atoms with E-state index in [1.54, 1.807) is 6.08 Å². The smallest absolute Gasteiger partial charge is 0.462 e. The van der Waals surface area contributed by atoms with Crippen molar-refractivity contribution >= 4 is 39.5 Å². The summed E-state index contributed by atoms with van der Waals surface area (Å²) in [5, 5.41) is 10.6. The van der Waals surface area contributed by atoms with E-state index in [0.717, 1.165) is 180 Å². The quantitative estimate of drug-likeness (QED) is 0.0169. The predicted octanol–water partition coefficient (Wildman–Crippen LogP) is 22.4. The van der Waals surface area contributed by atoms with Crippen LogP contribution in [0.5, 0.6) is 0 Å². The van der Waals surface area contributed by atoms with E-state index in [0.29, 0.717) is 25.7 Å². The van der Waals surface area contributed by atoms with Crippen LogP contribution >= 0.6 is 15.6 Å². The molecule has 0 aliphatic heterocycles. The molecule has 0 rings (SSSR count). The van der Waals surface area contributed by atoms with Gasteiger partial charge in [-0.15, -0.1) is 0 Å². The number of hydrogen-bond donors (Lipinski definition) is 3. The van der Waals surface area contributed by atoms with Gasteiger partial charge >= 0.3 is 39.5 Å². The van der Waals surface area contributed by atoms with E-state index < -0.39 is 97.5 Å². The molecule has 0 aliphatic carbocycles. The Kier molecular flexibility index (Phi) is 70.1. The predicted molar refractivity (Wildman–Crippen MR) is 417 cm³/mol. The molecule has 0 aromatic rings. The molecule has 0 bridgehead atoms. The molecule has 0 spiro atoms. The Morgan fingerprint density at radius 3 is 0.912 bits per heavy atom. The Morgan fingerprint density at radius 2 is 0.559 bits per heavy atom. The number of rotatable bonds is 71. The zero-order chi connectivity index (χ0) is 74.6. The monoisotopic (exact) mass is 1470 g/mol. The molecule has 580 valence electrons. The van der Waals surface area contributed by atoms with Crippen LogP contribution in [-0.2, 0) is 65.4 Å². The molecule has 0 saturated carbocycles. The van der Waals surface area contributed by atoms with Crippen LogP contribution in [-0.4, -0.2) is 96.7 Å². The molecule has 0 amide bonds. The number of carbonyl (C=O) groups is 4. The molecule has 0 saturated heterocycles. The second-order valence-electron chi connectivity index (χ2n) is 25.2. The van der Waals surface area contributed by atoms with Gasteiger partial charge in [0.05, 0.1) is 32.8 Å². The standard InChI is InChI=1S/C83H136O17P2/c1-5-9-13-17-21-25-29-32-35-37-38-40-42-45-49-52-56-60-64-68-81(86)94-74-79(100-83(88)70-66-62-58-54-50-46-43-39-36-33-30-26-22-18-14-10-6-2)76-98-102(91,92)96-72-77(84)71-95-101(89,90)97-75-78(99-82(87)69-65-61-57-53-47-28-24-20-16-12-8-4)73-93-80(85)67-63-59-55-51-48-44-41-34-31-27-23-19-15-11-7-3/h10-11,14-15,20-27,32-36,38,40-41,43,46,48,51,59,63,77-79,84H,5-9,12-13,16-19,28-31,37,39,42,44-45,47,49-50,52-58,60-62,64-76H2,1-4H3,(H,89,90)(H,91,92)/b14-10-,15-11-,24-20-,25-21-,26-22-,27-23-,35-32-,36-33-,40-38-,41-34-,46-43-,51-48-,63-59-. The van der Waals surface area contributed by atoms with Crippen LogP contribution < -0.4 is 0 Å². The van der Waals surface area contributed by atoms with E-state index in [1.807, 2.05) is 18.2 Å². The van der Waals surface area contributed by atoms with Crippen molar-refractivity contribution in [2.24, 2.45) is 0 Å². The number of aliphatic hydroxyl groups excluding tert-OH is 1. The first kappa shape index (κ1) is 96.7. The van der Waals surface area contributed by atoms with E-state index in [-0.39, 0.29) is 25.7 Å². The van der Waals surface area contributed by atoms with Gasteiger partial charge in [-0.3, -0.25) is 37.3 Å². The van der Waals surface area contributed by atoms with Gasteiger partial charge in [-0.1, -0.05) is 269 Å². The van der Waals surface area contributed by atoms with Crippen LogP contribution in [0.4, 0.5) is 0 Å². The maximum Gasteiger partial charge on any atom is 0.472 e. The minimum absolute atomic E-state index is 0.0566. The number of phosphoric ester groups is 2. The molecule has 0 aliphatic rings. The lowest BCUT2D eigenvalue weighted by molar-refractivity contribution is -0.161. The van der Waals surface area contributed by atoms with E-state index in [1.165, 1.54) is 25.7 Å². The van der Waals surface area contributed by atoms with Gasteiger partial charge in [0.25, 0.3) is 0 Å². The van der Waals surface area contributed by atoms with Crippen LogP contribution in [0.1, 0.15) is 285 Å². The first-order valence-electron chi connectivity index (χ1n) is 38.7. The highest BCUT2D eigenvalue weighted by atomic mass is 31.2. The van der Waals surface area contributed by atoms with Crippen LogP contribution in [0, 0.1) is 0 Å². The SMILES string of the molecule is CC/C=C\C/C=C\C/C=C\C/C=C\C/C=C\CC(=O)OCC(COP(=O)(O)OCC(O)COP(=O)(O)OCC(COC(=O)CCCCCCCC/C=C\C/C=C\C/C=C\CCCCC)OC(=O)CCCCCC/C=C\C/C=C\C/C=C\C/C=C\CC)OC(=O)CCCCCCC/C=C\CCCC. The summed E-state index contributed by atoms with van der Waals surface area (Å²) in [6, 6.07) is 0. The van der Waals surface area contributed by atoms with Gasteiger partial charge in [0.2, 0.25) is 0 Å². The number of phosphoric acid groups is 2. The Labute approximate surface area is 617 Å². The maximum absolute atomic E-state index is 13.1. The van der Waals surface area contributed by atoms with Crippen molar-refractivity contribution in [2.75, 3.05) is 39.6 Å². The highest BCUT2D eigenvalue weighted by Gasteiger charge is 2.30. The van der Waals surface area contributed by atoms with Crippen LogP contribution in [0.25, 0.3) is 0 Å². The highest BCUT2D eigenvalue weighted by Crippen LogP contribution is 2.45. The summed E-state index contributed by atoms with van der Waals surface area (Å²) in [7, 11) is -10.0. The van der Waals surface area contributed by atoms with Crippen molar-refractivity contribution in [2.45, 2.75) is 303 Å². The molecule has 5 atom stereocenters. The van der Waals surface area contributed by atoms with Crippen LogP contribution in [0.2, 0.25) is 0 Å². The molecule has 0 heterocycles. The molecule has 5 unspecified atom stereocenters. The van der Waals surface area contributed by atoms with Gasteiger partial charge < -0.3 is 33.8 Å². The summed E-state index contributed by atoms with van der Waals surface area (Å²) < 4.78 is 68.3. The molecule has 3 N–H and O–H groups in total. The minimum Gasteiger partial charge on any atom is -0.462 e. The van der Waals surface area contributed by atoms with Gasteiger partial charge in [0.15, 0.2) is 12.2 Å².